The Morgan fingerprint density at radius 1 is 0.667 bits per heavy atom. The molecule has 18 heavy (non-hydrogen) atoms. The van der Waals surface area contributed by atoms with Crippen molar-refractivity contribution in [2.75, 3.05) is 0 Å². The first-order valence-corrected chi connectivity index (χ1v) is 9.34. The van der Waals surface area contributed by atoms with E-state index in [2.05, 4.69) is 48.5 Å². The second kappa shape index (κ2) is 4.41. The molecule has 4 rings (SSSR count). The Morgan fingerprint density at radius 2 is 1.17 bits per heavy atom. The topological polar surface area (TPSA) is 0 Å². The third kappa shape index (κ3) is 1.65. The van der Waals surface area contributed by atoms with Crippen molar-refractivity contribution in [1.29, 1.82) is 0 Å². The fraction of sp³-hybridized carbons (Fsp3) is 0.0667. The molecule has 0 saturated heterocycles. The minimum atomic E-state index is 1.05. The molecule has 88 valence electrons. The number of fused-ring (bicyclic) bond motifs is 4. The van der Waals surface area contributed by atoms with Gasteiger partial charge in [-0.05, 0) is 60.1 Å². The Morgan fingerprint density at radius 3 is 1.72 bits per heavy atom. The van der Waals surface area contributed by atoms with Crippen molar-refractivity contribution in [1.82, 2.24) is 0 Å². The third-order valence-electron chi connectivity index (χ3n) is 3.35. The molecule has 0 N–H and O–H groups in total. The molecule has 1 heterocycles. The smallest absolute Gasteiger partial charge is 0.0417 e. The summed E-state index contributed by atoms with van der Waals surface area (Å²) in [6.07, 6.45) is 1.05. The van der Waals surface area contributed by atoms with E-state index in [0.717, 1.165) is 6.42 Å². The minimum Gasteiger partial charge on any atom is -0.0619 e. The number of hydrogen-bond donors (Lipinski definition) is 0. The molecule has 0 saturated carbocycles. The average Bonchev–Trinajstić information content (AvgIpc) is 2.84. The first-order valence-electron chi connectivity index (χ1n) is 5.85. The van der Waals surface area contributed by atoms with Crippen molar-refractivity contribution in [3.63, 3.8) is 0 Å². The summed E-state index contributed by atoms with van der Waals surface area (Å²) in [5.74, 6) is 0. The Kier molecular flexibility index (Phi) is 2.71. The Hall–Kier alpha value is -0.770. The largest absolute Gasteiger partial charge is 0.0619 e. The summed E-state index contributed by atoms with van der Waals surface area (Å²) in [4.78, 5) is 2.90. The van der Waals surface area contributed by atoms with E-state index >= 15 is 0 Å². The zero-order valence-electron chi connectivity index (χ0n) is 9.55. The van der Waals surface area contributed by atoms with Gasteiger partial charge in [-0.15, -0.1) is 0 Å². The fourth-order valence-electron chi connectivity index (χ4n) is 2.49. The molecule has 2 aromatic rings. The molecular weight excluding hydrogens is 276 g/mol. The highest BCUT2D eigenvalue weighted by atomic mass is 33.5. The summed E-state index contributed by atoms with van der Waals surface area (Å²) in [7, 11) is 5.69. The minimum absolute atomic E-state index is 1.05. The van der Waals surface area contributed by atoms with Crippen LogP contribution in [0.4, 0.5) is 0 Å². The predicted molar refractivity (Wildman–Crippen MR) is 85.3 cm³/mol. The second-order valence-electron chi connectivity index (χ2n) is 4.38. The van der Waals surface area contributed by atoms with Gasteiger partial charge in [-0.2, -0.15) is 0 Å². The summed E-state index contributed by atoms with van der Waals surface area (Å²) < 4.78 is 0. The molecule has 3 heteroatoms. The van der Waals surface area contributed by atoms with Crippen molar-refractivity contribution in [3.05, 3.63) is 70.8 Å². The molecule has 0 radical (unpaired) electrons. The molecule has 0 fully saturated rings. The Bertz CT molecular complexity index is 603. The molecule has 0 atom stereocenters. The van der Waals surface area contributed by atoms with Crippen molar-refractivity contribution in [2.45, 2.75) is 6.42 Å². The van der Waals surface area contributed by atoms with Crippen LogP contribution in [-0.2, 0) is 6.42 Å². The lowest BCUT2D eigenvalue weighted by Gasteiger charge is -2.07. The van der Waals surface area contributed by atoms with Crippen molar-refractivity contribution in [3.8, 4) is 0 Å². The molecule has 0 unspecified atom stereocenters. The van der Waals surface area contributed by atoms with E-state index in [1.807, 2.05) is 31.4 Å². The maximum atomic E-state index is 2.26. The normalized spacial score (nSPS) is 16.9. The monoisotopic (exact) mass is 286 g/mol. The first kappa shape index (κ1) is 11.1. The van der Waals surface area contributed by atoms with Gasteiger partial charge in [-0.1, -0.05) is 48.5 Å². The van der Waals surface area contributed by atoms with Crippen LogP contribution in [-0.4, -0.2) is 0 Å². The van der Waals surface area contributed by atoms with Gasteiger partial charge in [0.25, 0.3) is 0 Å². The summed E-state index contributed by atoms with van der Waals surface area (Å²) in [5.41, 5.74) is 5.74. The van der Waals surface area contributed by atoms with Crippen LogP contribution in [0.15, 0.2) is 48.5 Å². The Balaban J connectivity index is 2.05. The highest BCUT2D eigenvalue weighted by Gasteiger charge is 2.26. The molecule has 1 aliphatic heterocycles. The van der Waals surface area contributed by atoms with E-state index < -0.39 is 0 Å². The van der Waals surface area contributed by atoms with E-state index in [1.165, 1.54) is 32.1 Å². The molecule has 1 aliphatic carbocycles. The lowest BCUT2D eigenvalue weighted by Crippen LogP contribution is -1.92. The van der Waals surface area contributed by atoms with E-state index in [0.29, 0.717) is 0 Å². The summed E-state index contributed by atoms with van der Waals surface area (Å²) >= 11 is 0. The van der Waals surface area contributed by atoms with Crippen LogP contribution in [0.1, 0.15) is 22.3 Å². The van der Waals surface area contributed by atoms with E-state index in [1.54, 1.807) is 0 Å². The third-order valence-corrected chi connectivity index (χ3v) is 7.43. The summed E-state index contributed by atoms with van der Waals surface area (Å²) in [6.45, 7) is 0. The fourth-order valence-corrected chi connectivity index (χ4v) is 7.26. The van der Waals surface area contributed by atoms with Crippen LogP contribution < -0.4 is 0 Å². The van der Waals surface area contributed by atoms with Crippen LogP contribution in [0.3, 0.4) is 0 Å². The Labute approximate surface area is 118 Å². The average molecular weight is 286 g/mol. The van der Waals surface area contributed by atoms with Crippen molar-refractivity contribution >= 4 is 41.2 Å². The molecule has 0 nitrogen and oxygen atoms in total. The SMILES string of the molecule is c1ccc2c(c1)Cc1ccccc1C1=C2SSS1. The van der Waals surface area contributed by atoms with Gasteiger partial charge in [0, 0.05) is 9.81 Å². The predicted octanol–water partition coefficient (Wildman–Crippen LogP) is 5.46. The van der Waals surface area contributed by atoms with Crippen LogP contribution >= 0.6 is 31.4 Å². The van der Waals surface area contributed by atoms with Crippen molar-refractivity contribution in [2.24, 2.45) is 0 Å². The standard InChI is InChI=1S/C15H10S3/c1-3-7-12-10(5-1)9-11-6-2-4-8-13(11)15-14(12)16-18-17-15/h1-8H,9H2. The molecular formula is C15H10S3. The molecule has 0 spiro atoms. The van der Waals surface area contributed by atoms with Crippen molar-refractivity contribution < 1.29 is 0 Å². The van der Waals surface area contributed by atoms with Gasteiger partial charge >= 0.3 is 0 Å². The lowest BCUT2D eigenvalue weighted by molar-refractivity contribution is 1.18. The van der Waals surface area contributed by atoms with Gasteiger partial charge in [0.1, 0.15) is 0 Å². The van der Waals surface area contributed by atoms with E-state index in [9.17, 15) is 0 Å². The van der Waals surface area contributed by atoms with Gasteiger partial charge in [0.2, 0.25) is 0 Å². The molecule has 2 aliphatic rings. The molecule has 0 aromatic heterocycles. The zero-order chi connectivity index (χ0) is 11.9. The van der Waals surface area contributed by atoms with Gasteiger partial charge in [-0.3, -0.25) is 0 Å². The van der Waals surface area contributed by atoms with Crippen LogP contribution in [0.2, 0.25) is 0 Å². The number of benzene rings is 2. The summed E-state index contributed by atoms with van der Waals surface area (Å²) in [5, 5.41) is 0. The molecule has 0 bridgehead atoms. The molecule has 2 aromatic carbocycles. The molecule has 0 amide bonds. The first-order chi connectivity index (χ1) is 8.93. The lowest BCUT2D eigenvalue weighted by atomic mass is 10.00. The zero-order valence-corrected chi connectivity index (χ0v) is 12.0. The van der Waals surface area contributed by atoms with Gasteiger partial charge < -0.3 is 0 Å². The van der Waals surface area contributed by atoms with Gasteiger partial charge in [0.05, 0.1) is 0 Å². The van der Waals surface area contributed by atoms with Crippen LogP contribution in [0.5, 0.6) is 0 Å². The van der Waals surface area contributed by atoms with E-state index in [4.69, 9.17) is 0 Å². The second-order valence-corrected chi connectivity index (χ2v) is 8.30. The van der Waals surface area contributed by atoms with E-state index in [-0.39, 0.29) is 0 Å². The maximum Gasteiger partial charge on any atom is 0.0417 e. The van der Waals surface area contributed by atoms with Gasteiger partial charge in [-0.25, -0.2) is 0 Å². The maximum absolute atomic E-state index is 2.26. The highest BCUT2D eigenvalue weighted by molar-refractivity contribution is 9.14. The van der Waals surface area contributed by atoms with Crippen LogP contribution in [0, 0.1) is 0 Å². The number of hydrogen-bond acceptors (Lipinski definition) is 3. The van der Waals surface area contributed by atoms with Crippen LogP contribution in [0.25, 0.3) is 9.81 Å². The van der Waals surface area contributed by atoms with Gasteiger partial charge in [0.15, 0.2) is 0 Å². The quantitative estimate of drug-likeness (QED) is 0.590. The number of rotatable bonds is 0. The highest BCUT2D eigenvalue weighted by Crippen LogP contribution is 2.62. The summed E-state index contributed by atoms with van der Waals surface area (Å²) in [6, 6.07) is 17.6.